The van der Waals surface area contributed by atoms with Gasteiger partial charge >= 0.3 is 5.97 Å². The van der Waals surface area contributed by atoms with E-state index in [9.17, 15) is 4.79 Å². The number of ether oxygens (including phenoxy) is 1. The van der Waals surface area contributed by atoms with E-state index >= 15 is 0 Å². The standard InChI is InChI=1S/C23H33N3O3/c1-23(2,3)28-20(27)16-18(13-9-12-17-10-5-4-6-11-17)22-25-21(26-29-22)19-14-7-8-15-24-19/h7-8,14-15,17-18H,4-6,9-13,16H2,1-3H3. The number of carbonyl (C=O) groups is 1. The average Bonchev–Trinajstić information content (AvgIpc) is 3.17. The van der Waals surface area contributed by atoms with Crippen molar-refractivity contribution in [3.05, 3.63) is 30.3 Å². The summed E-state index contributed by atoms with van der Waals surface area (Å²) in [6, 6.07) is 5.59. The van der Waals surface area contributed by atoms with Crippen LogP contribution >= 0.6 is 0 Å². The molecule has 2 aromatic heterocycles. The van der Waals surface area contributed by atoms with Crippen molar-refractivity contribution in [2.45, 2.75) is 90.1 Å². The van der Waals surface area contributed by atoms with Gasteiger partial charge < -0.3 is 9.26 Å². The van der Waals surface area contributed by atoms with Gasteiger partial charge in [0.2, 0.25) is 11.7 Å². The first kappa shape index (κ1) is 21.5. The molecule has 158 valence electrons. The molecule has 29 heavy (non-hydrogen) atoms. The van der Waals surface area contributed by atoms with Gasteiger partial charge in [-0.3, -0.25) is 9.78 Å². The lowest BCUT2D eigenvalue weighted by Crippen LogP contribution is -2.25. The molecule has 1 aliphatic rings. The summed E-state index contributed by atoms with van der Waals surface area (Å²) in [5.41, 5.74) is 0.165. The van der Waals surface area contributed by atoms with Crippen molar-refractivity contribution in [1.82, 2.24) is 15.1 Å². The minimum atomic E-state index is -0.502. The fraction of sp³-hybridized carbons (Fsp3) is 0.652. The van der Waals surface area contributed by atoms with E-state index in [0.717, 1.165) is 18.8 Å². The smallest absolute Gasteiger partial charge is 0.307 e. The largest absolute Gasteiger partial charge is 0.460 e. The van der Waals surface area contributed by atoms with Gasteiger partial charge in [0.1, 0.15) is 11.3 Å². The lowest BCUT2D eigenvalue weighted by atomic mass is 9.84. The van der Waals surface area contributed by atoms with Gasteiger partial charge in [0.25, 0.3) is 0 Å². The summed E-state index contributed by atoms with van der Waals surface area (Å²) in [5, 5.41) is 4.09. The van der Waals surface area contributed by atoms with Crippen molar-refractivity contribution in [3.63, 3.8) is 0 Å². The highest BCUT2D eigenvalue weighted by atomic mass is 16.6. The highest BCUT2D eigenvalue weighted by Gasteiger charge is 2.26. The fourth-order valence-corrected chi connectivity index (χ4v) is 4.03. The van der Waals surface area contributed by atoms with Gasteiger partial charge in [0, 0.05) is 12.1 Å². The third-order valence-electron chi connectivity index (χ3n) is 5.41. The van der Waals surface area contributed by atoms with Crippen LogP contribution in [0.15, 0.2) is 28.9 Å². The van der Waals surface area contributed by atoms with Crippen molar-refractivity contribution >= 4 is 5.97 Å². The third-order valence-corrected chi connectivity index (χ3v) is 5.41. The van der Waals surface area contributed by atoms with Gasteiger partial charge in [-0.1, -0.05) is 56.2 Å². The van der Waals surface area contributed by atoms with E-state index < -0.39 is 5.60 Å². The number of rotatable bonds is 8. The van der Waals surface area contributed by atoms with E-state index in [2.05, 4.69) is 15.1 Å². The SMILES string of the molecule is CC(C)(C)OC(=O)CC(CCCC1CCCCC1)c1nc(-c2ccccn2)no1. The van der Waals surface area contributed by atoms with Crippen LogP contribution in [0, 0.1) is 5.92 Å². The van der Waals surface area contributed by atoms with Crippen molar-refractivity contribution in [1.29, 1.82) is 0 Å². The maximum absolute atomic E-state index is 12.5. The molecule has 1 aliphatic carbocycles. The van der Waals surface area contributed by atoms with Crippen molar-refractivity contribution in [2.75, 3.05) is 0 Å². The van der Waals surface area contributed by atoms with E-state index in [4.69, 9.17) is 9.26 Å². The maximum Gasteiger partial charge on any atom is 0.307 e. The Morgan fingerprint density at radius 1 is 1.24 bits per heavy atom. The second-order valence-electron chi connectivity index (χ2n) is 9.09. The Bertz CT molecular complexity index is 761. The zero-order valence-corrected chi connectivity index (χ0v) is 17.9. The van der Waals surface area contributed by atoms with E-state index in [0.29, 0.717) is 17.4 Å². The van der Waals surface area contributed by atoms with E-state index in [-0.39, 0.29) is 18.3 Å². The molecule has 2 aromatic rings. The quantitative estimate of drug-likeness (QED) is 0.530. The molecular formula is C23H33N3O3. The minimum Gasteiger partial charge on any atom is -0.460 e. The first-order chi connectivity index (χ1) is 13.9. The Kier molecular flexibility index (Phi) is 7.40. The van der Waals surface area contributed by atoms with Crippen molar-refractivity contribution < 1.29 is 14.1 Å². The molecular weight excluding hydrogens is 366 g/mol. The molecule has 6 nitrogen and oxygen atoms in total. The minimum absolute atomic E-state index is 0.126. The first-order valence-electron chi connectivity index (χ1n) is 10.9. The lowest BCUT2D eigenvalue weighted by molar-refractivity contribution is -0.155. The summed E-state index contributed by atoms with van der Waals surface area (Å²) >= 11 is 0. The zero-order chi connectivity index (χ0) is 20.7. The Morgan fingerprint density at radius 3 is 2.72 bits per heavy atom. The number of aromatic nitrogens is 3. The number of esters is 1. The normalized spacial score (nSPS) is 16.5. The summed E-state index contributed by atoms with van der Waals surface area (Å²) in [5.74, 6) is 1.43. The second kappa shape index (κ2) is 9.99. The molecule has 1 atom stereocenters. The second-order valence-corrected chi connectivity index (χ2v) is 9.09. The van der Waals surface area contributed by atoms with Gasteiger partial charge in [-0.15, -0.1) is 0 Å². The summed E-state index contributed by atoms with van der Waals surface area (Å²) in [4.78, 5) is 21.3. The summed E-state index contributed by atoms with van der Waals surface area (Å²) in [6.07, 6.45) is 11.8. The summed E-state index contributed by atoms with van der Waals surface area (Å²) < 4.78 is 11.1. The molecule has 0 radical (unpaired) electrons. The first-order valence-corrected chi connectivity index (χ1v) is 10.9. The van der Waals surface area contributed by atoms with Crippen LogP contribution in [0.1, 0.15) is 90.4 Å². The predicted molar refractivity (Wildman–Crippen MR) is 111 cm³/mol. The number of nitrogens with zero attached hydrogens (tertiary/aromatic N) is 3. The van der Waals surface area contributed by atoms with Crippen LogP contribution < -0.4 is 0 Å². The maximum atomic E-state index is 12.5. The van der Waals surface area contributed by atoms with Crippen LogP contribution in [0.25, 0.3) is 11.5 Å². The van der Waals surface area contributed by atoms with Gasteiger partial charge in [-0.05, 0) is 45.2 Å². The molecule has 6 heteroatoms. The van der Waals surface area contributed by atoms with Gasteiger partial charge in [-0.2, -0.15) is 4.98 Å². The molecule has 2 heterocycles. The molecule has 1 unspecified atom stereocenters. The lowest BCUT2D eigenvalue weighted by Gasteiger charge is -2.23. The Labute approximate surface area is 173 Å². The molecule has 0 saturated heterocycles. The van der Waals surface area contributed by atoms with Crippen LogP contribution in [0.2, 0.25) is 0 Å². The molecule has 0 bridgehead atoms. The molecule has 3 rings (SSSR count). The van der Waals surface area contributed by atoms with Crippen LogP contribution in [0.4, 0.5) is 0 Å². The summed E-state index contributed by atoms with van der Waals surface area (Å²) in [6.45, 7) is 5.65. The van der Waals surface area contributed by atoms with Crippen LogP contribution in [-0.2, 0) is 9.53 Å². The molecule has 0 aliphatic heterocycles. The number of hydrogen-bond donors (Lipinski definition) is 0. The number of hydrogen-bond acceptors (Lipinski definition) is 6. The molecule has 1 fully saturated rings. The Morgan fingerprint density at radius 2 is 2.03 bits per heavy atom. The van der Waals surface area contributed by atoms with Crippen molar-refractivity contribution in [2.24, 2.45) is 5.92 Å². The van der Waals surface area contributed by atoms with Crippen LogP contribution in [-0.4, -0.2) is 26.7 Å². The zero-order valence-electron chi connectivity index (χ0n) is 17.9. The summed E-state index contributed by atoms with van der Waals surface area (Å²) in [7, 11) is 0. The fourth-order valence-electron chi connectivity index (χ4n) is 4.03. The van der Waals surface area contributed by atoms with Crippen LogP contribution in [0.5, 0.6) is 0 Å². The Hall–Kier alpha value is -2.24. The van der Waals surface area contributed by atoms with Gasteiger partial charge in [0.05, 0.1) is 6.42 Å². The van der Waals surface area contributed by atoms with E-state index in [1.165, 1.54) is 38.5 Å². The van der Waals surface area contributed by atoms with Crippen LogP contribution in [0.3, 0.4) is 0 Å². The molecule has 0 N–H and O–H groups in total. The third kappa shape index (κ3) is 6.94. The van der Waals surface area contributed by atoms with Gasteiger partial charge in [-0.25, -0.2) is 0 Å². The highest BCUT2D eigenvalue weighted by molar-refractivity contribution is 5.70. The molecule has 0 aromatic carbocycles. The monoisotopic (exact) mass is 399 g/mol. The van der Waals surface area contributed by atoms with Gasteiger partial charge in [0.15, 0.2) is 0 Å². The van der Waals surface area contributed by atoms with E-state index in [1.54, 1.807) is 6.20 Å². The average molecular weight is 400 g/mol. The topological polar surface area (TPSA) is 78.1 Å². The number of carbonyl (C=O) groups excluding carboxylic acids is 1. The molecule has 0 amide bonds. The molecule has 1 saturated carbocycles. The van der Waals surface area contributed by atoms with Crippen molar-refractivity contribution in [3.8, 4) is 11.5 Å². The Balaban J connectivity index is 1.66. The van der Waals surface area contributed by atoms with E-state index in [1.807, 2.05) is 39.0 Å². The predicted octanol–water partition coefficient (Wildman–Crippen LogP) is 5.70. The number of pyridine rings is 1. The molecule has 0 spiro atoms. The highest BCUT2D eigenvalue weighted by Crippen LogP contribution is 2.32.